The van der Waals surface area contributed by atoms with Gasteiger partial charge >= 0.3 is 16.1 Å². The zero-order chi connectivity index (χ0) is 19.9. The van der Waals surface area contributed by atoms with Crippen molar-refractivity contribution in [2.45, 2.75) is 5.75 Å². The van der Waals surface area contributed by atoms with E-state index in [4.69, 9.17) is 14.2 Å². The third kappa shape index (κ3) is 5.87. The van der Waals surface area contributed by atoms with Crippen LogP contribution in [-0.4, -0.2) is 28.6 Å². The largest absolute Gasteiger partial charge is 0.497 e. The fourth-order valence-electron chi connectivity index (χ4n) is 2.18. The Balaban J connectivity index is 2.21. The third-order valence-corrected chi connectivity index (χ3v) is 4.55. The van der Waals surface area contributed by atoms with Gasteiger partial charge in [-0.3, -0.25) is 0 Å². The van der Waals surface area contributed by atoms with E-state index >= 15 is 0 Å². The second-order valence-electron chi connectivity index (χ2n) is 5.36. The summed E-state index contributed by atoms with van der Waals surface area (Å²) in [4.78, 5) is 11.2. The van der Waals surface area contributed by atoms with Crippen LogP contribution < -0.4 is 8.92 Å². The molecule has 0 aliphatic carbocycles. The average Bonchev–Trinajstić information content (AvgIpc) is 2.65. The molecule has 2 aromatic rings. The maximum absolute atomic E-state index is 12.4. The molecule has 0 spiro atoms. The van der Waals surface area contributed by atoms with E-state index in [1.807, 2.05) is 6.07 Å². The minimum absolute atomic E-state index is 0.0779. The maximum atomic E-state index is 12.4. The Morgan fingerprint density at radius 1 is 1.19 bits per heavy atom. The molecule has 0 unspecified atom stereocenters. The minimum Gasteiger partial charge on any atom is -0.497 e. The zero-order valence-corrected chi connectivity index (χ0v) is 15.5. The molecular weight excluding hydrogens is 370 g/mol. The molecule has 0 N–H and O–H groups in total. The fraction of sp³-hybridized carbons (Fsp3) is 0.158. The van der Waals surface area contributed by atoms with Gasteiger partial charge in [0.2, 0.25) is 0 Å². The predicted molar refractivity (Wildman–Crippen MR) is 98.5 cm³/mol. The Labute approximate surface area is 157 Å². The lowest BCUT2D eigenvalue weighted by Crippen LogP contribution is -2.13. The van der Waals surface area contributed by atoms with Gasteiger partial charge < -0.3 is 13.7 Å². The molecule has 0 amide bonds. The molecule has 0 radical (unpaired) electrons. The lowest BCUT2D eigenvalue weighted by atomic mass is 10.1. The first-order valence-corrected chi connectivity index (χ1v) is 9.30. The summed E-state index contributed by atoms with van der Waals surface area (Å²) < 4.78 is 39.4. The van der Waals surface area contributed by atoms with Crippen molar-refractivity contribution in [3.05, 3.63) is 65.2 Å². The van der Waals surface area contributed by atoms with Gasteiger partial charge in [0.05, 0.1) is 19.8 Å². The van der Waals surface area contributed by atoms with Crippen molar-refractivity contribution >= 4 is 22.2 Å². The molecule has 140 valence electrons. The number of hydrogen-bond acceptors (Lipinski definition) is 7. The molecule has 8 heteroatoms. The maximum Gasteiger partial charge on any atom is 0.330 e. The highest BCUT2D eigenvalue weighted by Gasteiger charge is 2.17. The standard InChI is InChI=1S/C19H17NO6S/c1-24-17-8-7-16(12-20)18(11-17)26-27(22,23)13-15-5-3-4-14(10-15)6-9-19(21)25-2/h3-11H,13H2,1-2H3/b9-6+. The van der Waals surface area contributed by atoms with Gasteiger partial charge in [0.15, 0.2) is 5.75 Å². The van der Waals surface area contributed by atoms with Gasteiger partial charge in [0.25, 0.3) is 0 Å². The van der Waals surface area contributed by atoms with E-state index in [2.05, 4.69) is 4.74 Å². The summed E-state index contributed by atoms with van der Waals surface area (Å²) in [6.45, 7) is 0. The topological polar surface area (TPSA) is 103 Å². The van der Waals surface area contributed by atoms with Crippen LogP contribution in [0.4, 0.5) is 0 Å². The van der Waals surface area contributed by atoms with E-state index in [0.717, 1.165) is 0 Å². The van der Waals surface area contributed by atoms with E-state index in [0.29, 0.717) is 16.9 Å². The molecule has 0 aliphatic rings. The minimum atomic E-state index is -4.02. The molecule has 0 aromatic heterocycles. The molecule has 0 atom stereocenters. The zero-order valence-electron chi connectivity index (χ0n) is 14.7. The Kier molecular flexibility index (Phi) is 6.57. The Morgan fingerprint density at radius 3 is 2.63 bits per heavy atom. The fourth-order valence-corrected chi connectivity index (χ4v) is 3.24. The number of hydrogen-bond donors (Lipinski definition) is 0. The van der Waals surface area contributed by atoms with Crippen molar-refractivity contribution < 1.29 is 26.9 Å². The summed E-state index contributed by atoms with van der Waals surface area (Å²) in [5, 5.41) is 9.12. The van der Waals surface area contributed by atoms with Gasteiger partial charge in [0, 0.05) is 12.1 Å². The van der Waals surface area contributed by atoms with Gasteiger partial charge in [-0.05, 0) is 29.3 Å². The molecule has 2 rings (SSSR count). The highest BCUT2D eigenvalue weighted by Crippen LogP contribution is 2.26. The van der Waals surface area contributed by atoms with Crippen molar-refractivity contribution in [2.75, 3.05) is 14.2 Å². The van der Waals surface area contributed by atoms with Gasteiger partial charge in [-0.1, -0.05) is 24.3 Å². The van der Waals surface area contributed by atoms with E-state index in [1.54, 1.807) is 24.3 Å². The highest BCUT2D eigenvalue weighted by molar-refractivity contribution is 7.86. The molecule has 27 heavy (non-hydrogen) atoms. The molecule has 0 aliphatic heterocycles. The van der Waals surface area contributed by atoms with Gasteiger partial charge in [-0.15, -0.1) is 0 Å². The summed E-state index contributed by atoms with van der Waals surface area (Å²) in [5.41, 5.74) is 1.17. The van der Waals surface area contributed by atoms with Crippen LogP contribution in [0.3, 0.4) is 0 Å². The lowest BCUT2D eigenvalue weighted by molar-refractivity contribution is -0.134. The molecule has 2 aromatic carbocycles. The van der Waals surface area contributed by atoms with E-state index in [1.165, 1.54) is 44.6 Å². The monoisotopic (exact) mass is 387 g/mol. The third-order valence-electron chi connectivity index (χ3n) is 3.43. The first kappa shape index (κ1) is 20.0. The van der Waals surface area contributed by atoms with Crippen molar-refractivity contribution in [1.29, 1.82) is 5.26 Å². The summed E-state index contributed by atoms with van der Waals surface area (Å²) in [6.07, 6.45) is 2.75. The molecule has 0 fully saturated rings. The van der Waals surface area contributed by atoms with Gasteiger partial charge in [0.1, 0.15) is 17.6 Å². The first-order valence-electron chi connectivity index (χ1n) is 7.72. The molecule has 0 heterocycles. The first-order chi connectivity index (χ1) is 12.9. The van der Waals surface area contributed by atoms with Crippen LogP contribution in [0.1, 0.15) is 16.7 Å². The van der Waals surface area contributed by atoms with Crippen LogP contribution in [0.2, 0.25) is 0 Å². The Bertz CT molecular complexity index is 1010. The highest BCUT2D eigenvalue weighted by atomic mass is 32.2. The van der Waals surface area contributed by atoms with Crippen LogP contribution in [0.5, 0.6) is 11.5 Å². The van der Waals surface area contributed by atoms with E-state index < -0.39 is 21.8 Å². The number of esters is 1. The number of nitriles is 1. The lowest BCUT2D eigenvalue weighted by Gasteiger charge is -2.10. The van der Waals surface area contributed by atoms with E-state index in [-0.39, 0.29) is 11.3 Å². The molecule has 0 saturated heterocycles. The molecule has 0 saturated carbocycles. The van der Waals surface area contributed by atoms with Crippen LogP contribution >= 0.6 is 0 Å². The van der Waals surface area contributed by atoms with Crippen molar-refractivity contribution in [2.24, 2.45) is 0 Å². The van der Waals surface area contributed by atoms with Gasteiger partial charge in [-0.2, -0.15) is 13.7 Å². The average molecular weight is 387 g/mol. The second-order valence-corrected chi connectivity index (χ2v) is 6.93. The van der Waals surface area contributed by atoms with Crippen LogP contribution in [0, 0.1) is 11.3 Å². The summed E-state index contributed by atoms with van der Waals surface area (Å²) in [6, 6.07) is 12.8. The Hall–Kier alpha value is -3.31. The summed E-state index contributed by atoms with van der Waals surface area (Å²) in [7, 11) is -1.33. The SMILES string of the molecule is COC(=O)/C=C/c1cccc(CS(=O)(=O)Oc2cc(OC)ccc2C#N)c1. The Morgan fingerprint density at radius 2 is 1.96 bits per heavy atom. The molecule has 0 bridgehead atoms. The number of methoxy groups -OCH3 is 2. The second kappa shape index (κ2) is 8.87. The van der Waals surface area contributed by atoms with Crippen molar-refractivity contribution in [3.63, 3.8) is 0 Å². The van der Waals surface area contributed by atoms with Crippen LogP contribution in [-0.2, 0) is 25.4 Å². The number of carbonyl (C=O) groups is 1. The van der Waals surface area contributed by atoms with E-state index in [9.17, 15) is 13.2 Å². The normalized spacial score (nSPS) is 11.0. The number of nitrogens with zero attached hydrogens (tertiary/aromatic N) is 1. The summed E-state index contributed by atoms with van der Waals surface area (Å²) in [5.74, 6) is -0.652. The number of rotatable bonds is 7. The van der Waals surface area contributed by atoms with Crippen molar-refractivity contribution in [1.82, 2.24) is 0 Å². The quantitative estimate of drug-likeness (QED) is 0.409. The predicted octanol–water partition coefficient (Wildman–Crippen LogP) is 2.66. The number of carbonyl (C=O) groups excluding carboxylic acids is 1. The van der Waals surface area contributed by atoms with Crippen LogP contribution in [0.25, 0.3) is 6.08 Å². The molecule has 7 nitrogen and oxygen atoms in total. The number of ether oxygens (including phenoxy) is 2. The molecular formula is C19H17NO6S. The van der Waals surface area contributed by atoms with Gasteiger partial charge in [-0.25, -0.2) is 4.79 Å². The number of benzene rings is 2. The van der Waals surface area contributed by atoms with Crippen LogP contribution in [0.15, 0.2) is 48.5 Å². The smallest absolute Gasteiger partial charge is 0.330 e. The van der Waals surface area contributed by atoms with Crippen molar-refractivity contribution in [3.8, 4) is 17.6 Å². The summed E-state index contributed by atoms with van der Waals surface area (Å²) >= 11 is 0.